The Morgan fingerprint density at radius 1 is 1.45 bits per heavy atom. The summed E-state index contributed by atoms with van der Waals surface area (Å²) in [4.78, 5) is 6.44. The molecule has 114 valence electrons. The van der Waals surface area contributed by atoms with Crippen LogP contribution in [0.2, 0.25) is 0 Å². The van der Waals surface area contributed by atoms with Gasteiger partial charge in [0, 0.05) is 52.5 Å². The number of nitrogens with two attached hydrogens (primary N) is 1. The average molecular weight is 360 g/mol. The molecule has 0 aliphatic carbocycles. The van der Waals surface area contributed by atoms with Gasteiger partial charge in [0.2, 0.25) is 0 Å². The molecule has 1 aromatic rings. The molecule has 1 saturated heterocycles. The molecule has 0 bridgehead atoms. The topological polar surface area (TPSA) is 32.5 Å². The van der Waals surface area contributed by atoms with Crippen LogP contribution in [0, 0.1) is 0 Å². The molecule has 0 atom stereocenters. The number of piperidine rings is 1. The molecule has 2 rings (SSSR count). The number of hydrogen-bond donors (Lipinski definition) is 1. The first-order valence-corrected chi connectivity index (χ1v) is 9.02. The van der Waals surface area contributed by atoms with Gasteiger partial charge in [-0.2, -0.15) is 0 Å². The third-order valence-corrected chi connectivity index (χ3v) is 6.35. The monoisotopic (exact) mass is 359 g/mol. The summed E-state index contributed by atoms with van der Waals surface area (Å²) in [5.41, 5.74) is 6.32. The lowest BCUT2D eigenvalue weighted by atomic mass is 9.85. The maximum atomic E-state index is 6.15. The summed E-state index contributed by atoms with van der Waals surface area (Å²) in [5.74, 6) is 0. The molecule has 1 aliphatic heterocycles. The molecular formula is C15H26BrN3S. The Bertz CT molecular complexity index is 425. The van der Waals surface area contributed by atoms with Crippen molar-refractivity contribution in [3.8, 4) is 0 Å². The van der Waals surface area contributed by atoms with E-state index >= 15 is 0 Å². The smallest absolute Gasteiger partial charge is 0.0356 e. The lowest BCUT2D eigenvalue weighted by Gasteiger charge is -2.47. The Labute approximate surface area is 135 Å². The van der Waals surface area contributed by atoms with E-state index in [1.807, 2.05) is 11.3 Å². The van der Waals surface area contributed by atoms with Crippen LogP contribution < -0.4 is 5.73 Å². The van der Waals surface area contributed by atoms with Gasteiger partial charge in [-0.15, -0.1) is 11.3 Å². The predicted octanol–water partition coefficient (Wildman–Crippen LogP) is 3.14. The Morgan fingerprint density at radius 3 is 2.55 bits per heavy atom. The second-order valence-corrected chi connectivity index (χ2v) is 8.06. The maximum absolute atomic E-state index is 6.15. The molecule has 0 unspecified atom stereocenters. The highest BCUT2D eigenvalue weighted by atomic mass is 79.9. The second-order valence-electron chi connectivity index (χ2n) is 6.15. The van der Waals surface area contributed by atoms with Crippen LogP contribution in [-0.4, -0.2) is 48.1 Å². The molecule has 1 fully saturated rings. The molecule has 0 aromatic carbocycles. The fourth-order valence-electron chi connectivity index (χ4n) is 3.04. The summed E-state index contributed by atoms with van der Waals surface area (Å²) >= 11 is 5.35. The summed E-state index contributed by atoms with van der Waals surface area (Å²) in [7, 11) is 2.23. The van der Waals surface area contributed by atoms with Crippen LogP contribution in [-0.2, 0) is 6.54 Å². The SMILES string of the molecule is CC(C)N1CCC(CN)(N(C)Cc2cc(Br)cs2)CC1. The summed E-state index contributed by atoms with van der Waals surface area (Å²) in [6.45, 7) is 8.63. The van der Waals surface area contributed by atoms with E-state index in [-0.39, 0.29) is 5.54 Å². The van der Waals surface area contributed by atoms with Crippen LogP contribution in [0.1, 0.15) is 31.6 Å². The van der Waals surface area contributed by atoms with Crippen LogP contribution in [0.5, 0.6) is 0 Å². The number of hydrogen-bond acceptors (Lipinski definition) is 4. The Balaban J connectivity index is 2.00. The summed E-state index contributed by atoms with van der Waals surface area (Å²) in [6, 6.07) is 2.86. The van der Waals surface area contributed by atoms with Gasteiger partial charge in [-0.3, -0.25) is 4.90 Å². The normalized spacial score (nSPS) is 19.9. The largest absolute Gasteiger partial charge is 0.329 e. The number of thiophene rings is 1. The first-order chi connectivity index (χ1) is 9.47. The first-order valence-electron chi connectivity index (χ1n) is 7.35. The maximum Gasteiger partial charge on any atom is 0.0356 e. The minimum Gasteiger partial charge on any atom is -0.329 e. The van der Waals surface area contributed by atoms with Gasteiger partial charge in [-0.1, -0.05) is 0 Å². The van der Waals surface area contributed by atoms with E-state index in [0.717, 1.165) is 26.2 Å². The molecular weight excluding hydrogens is 334 g/mol. The van der Waals surface area contributed by atoms with Gasteiger partial charge in [0.15, 0.2) is 0 Å². The molecule has 0 spiro atoms. The van der Waals surface area contributed by atoms with Gasteiger partial charge >= 0.3 is 0 Å². The third-order valence-electron chi connectivity index (χ3n) is 4.66. The minimum absolute atomic E-state index is 0.169. The van der Waals surface area contributed by atoms with Crippen molar-refractivity contribution >= 4 is 27.3 Å². The van der Waals surface area contributed by atoms with Crippen molar-refractivity contribution in [3.63, 3.8) is 0 Å². The molecule has 1 aromatic heterocycles. The molecule has 0 radical (unpaired) electrons. The van der Waals surface area contributed by atoms with E-state index in [2.05, 4.69) is 58.1 Å². The lowest BCUT2D eigenvalue weighted by Crippen LogP contribution is -2.58. The van der Waals surface area contributed by atoms with Crippen molar-refractivity contribution in [2.75, 3.05) is 26.7 Å². The zero-order chi connectivity index (χ0) is 14.8. The van der Waals surface area contributed by atoms with Gasteiger partial charge < -0.3 is 10.6 Å². The highest BCUT2D eigenvalue weighted by molar-refractivity contribution is 9.10. The van der Waals surface area contributed by atoms with Gasteiger partial charge in [0.1, 0.15) is 0 Å². The number of likely N-dealkylation sites (tertiary alicyclic amines) is 1. The molecule has 3 nitrogen and oxygen atoms in total. The highest BCUT2D eigenvalue weighted by Gasteiger charge is 2.37. The number of rotatable bonds is 5. The van der Waals surface area contributed by atoms with Crippen molar-refractivity contribution < 1.29 is 0 Å². The zero-order valence-corrected chi connectivity index (χ0v) is 15.1. The van der Waals surface area contributed by atoms with Gasteiger partial charge in [0.25, 0.3) is 0 Å². The van der Waals surface area contributed by atoms with E-state index < -0.39 is 0 Å². The van der Waals surface area contributed by atoms with E-state index in [9.17, 15) is 0 Å². The van der Waals surface area contributed by atoms with Crippen molar-refractivity contribution in [1.29, 1.82) is 0 Å². The van der Waals surface area contributed by atoms with E-state index in [0.29, 0.717) is 6.04 Å². The molecule has 5 heteroatoms. The van der Waals surface area contributed by atoms with E-state index in [4.69, 9.17) is 5.73 Å². The second kappa shape index (κ2) is 6.88. The summed E-state index contributed by atoms with van der Waals surface area (Å²) in [6.07, 6.45) is 2.34. The molecule has 0 amide bonds. The lowest BCUT2D eigenvalue weighted by molar-refractivity contribution is 0.0303. The van der Waals surface area contributed by atoms with E-state index in [1.54, 1.807) is 0 Å². The Kier molecular flexibility index (Phi) is 5.65. The van der Waals surface area contributed by atoms with E-state index in [1.165, 1.54) is 22.2 Å². The Hall–Kier alpha value is 0.0600. The van der Waals surface area contributed by atoms with Crippen molar-refractivity contribution in [2.45, 2.75) is 44.8 Å². The zero-order valence-electron chi connectivity index (χ0n) is 12.7. The van der Waals surface area contributed by atoms with Crippen molar-refractivity contribution in [2.24, 2.45) is 5.73 Å². The standard InChI is InChI=1S/C15H26BrN3S/c1-12(2)19-6-4-15(11-17,5-7-19)18(3)9-14-8-13(16)10-20-14/h8,10,12H,4-7,9,11,17H2,1-3H3. The van der Waals surface area contributed by atoms with Gasteiger partial charge in [0.05, 0.1) is 0 Å². The summed E-state index contributed by atoms with van der Waals surface area (Å²) < 4.78 is 1.18. The van der Waals surface area contributed by atoms with Crippen molar-refractivity contribution in [1.82, 2.24) is 9.80 Å². The van der Waals surface area contributed by atoms with Crippen LogP contribution in [0.15, 0.2) is 15.9 Å². The highest BCUT2D eigenvalue weighted by Crippen LogP contribution is 2.30. The molecule has 2 N–H and O–H groups in total. The fraction of sp³-hybridized carbons (Fsp3) is 0.733. The molecule has 1 aliphatic rings. The molecule has 0 saturated carbocycles. The van der Waals surface area contributed by atoms with Crippen molar-refractivity contribution in [3.05, 3.63) is 20.8 Å². The van der Waals surface area contributed by atoms with Crippen LogP contribution in [0.25, 0.3) is 0 Å². The minimum atomic E-state index is 0.169. The van der Waals surface area contributed by atoms with Crippen LogP contribution in [0.4, 0.5) is 0 Å². The predicted molar refractivity (Wildman–Crippen MR) is 91.2 cm³/mol. The molecule has 2 heterocycles. The quantitative estimate of drug-likeness (QED) is 0.876. The van der Waals surface area contributed by atoms with Crippen LogP contribution >= 0.6 is 27.3 Å². The Morgan fingerprint density at radius 2 is 2.10 bits per heavy atom. The first kappa shape index (κ1) is 16.4. The summed E-state index contributed by atoms with van der Waals surface area (Å²) in [5, 5.41) is 2.15. The number of nitrogens with zero attached hydrogens (tertiary/aromatic N) is 2. The average Bonchev–Trinajstić information content (AvgIpc) is 2.84. The number of halogens is 1. The number of likely N-dealkylation sites (N-methyl/N-ethyl adjacent to an activating group) is 1. The van der Waals surface area contributed by atoms with Crippen LogP contribution in [0.3, 0.4) is 0 Å². The fourth-order valence-corrected chi connectivity index (χ4v) is 4.54. The van der Waals surface area contributed by atoms with Gasteiger partial charge in [-0.05, 0) is 55.7 Å². The molecule has 20 heavy (non-hydrogen) atoms. The van der Waals surface area contributed by atoms with Gasteiger partial charge in [-0.25, -0.2) is 0 Å². The third kappa shape index (κ3) is 3.63.